The van der Waals surface area contributed by atoms with Crippen LogP contribution in [0.2, 0.25) is 0 Å². The number of azide groups is 1. The molecule has 0 fully saturated rings. The van der Waals surface area contributed by atoms with Crippen molar-refractivity contribution in [2.24, 2.45) is 5.11 Å². The highest BCUT2D eigenvalue weighted by Gasteiger charge is 2.35. The predicted octanol–water partition coefficient (Wildman–Crippen LogP) is 2.58. The molecular weight excluding hydrogens is 359 g/mol. The summed E-state index contributed by atoms with van der Waals surface area (Å²) in [5.41, 5.74) is 8.09. The maximum Gasteiger partial charge on any atom is 0.330 e. The number of carbonyl (C=O) groups excluding carboxylic acids is 1. The van der Waals surface area contributed by atoms with E-state index in [2.05, 4.69) is 37.9 Å². The molecule has 0 saturated carbocycles. The molecule has 1 unspecified atom stereocenters. The highest BCUT2D eigenvalue weighted by Crippen LogP contribution is 2.23. The molecule has 0 aliphatic rings. The quantitative estimate of drug-likeness (QED) is 0.207. The van der Waals surface area contributed by atoms with Crippen molar-refractivity contribution in [3.63, 3.8) is 0 Å². The van der Waals surface area contributed by atoms with Crippen LogP contribution >= 0.6 is 22.6 Å². The van der Waals surface area contributed by atoms with Crippen LogP contribution in [0.3, 0.4) is 0 Å². The maximum atomic E-state index is 12.0. The van der Waals surface area contributed by atoms with Gasteiger partial charge in [-0.05, 0) is 52.7 Å². The number of nitrogens with zero attached hydrogens (tertiary/aromatic N) is 3. The zero-order valence-corrected chi connectivity index (χ0v) is 12.9. The van der Waals surface area contributed by atoms with Crippen LogP contribution in [0, 0.1) is 3.57 Å². The molecule has 102 valence electrons. The molecule has 0 saturated heterocycles. The first kappa shape index (κ1) is 15.7. The topological polar surface area (TPSA) is 87.1 Å². The summed E-state index contributed by atoms with van der Waals surface area (Å²) >= 11 is 2.20. The van der Waals surface area contributed by atoms with Gasteiger partial charge in [0.05, 0.1) is 7.11 Å². The lowest BCUT2D eigenvalue weighted by Crippen LogP contribution is -2.48. The molecule has 1 aromatic rings. The van der Waals surface area contributed by atoms with Crippen LogP contribution in [-0.4, -0.2) is 26.2 Å². The van der Waals surface area contributed by atoms with Crippen LogP contribution in [0.15, 0.2) is 29.4 Å². The number of ether oxygens (including phenoxy) is 1. The maximum absolute atomic E-state index is 12.0. The van der Waals surface area contributed by atoms with E-state index in [9.17, 15) is 4.79 Å². The van der Waals surface area contributed by atoms with Crippen molar-refractivity contribution in [1.82, 2.24) is 5.32 Å². The van der Waals surface area contributed by atoms with Gasteiger partial charge in [0.1, 0.15) is 5.54 Å². The minimum atomic E-state index is -0.954. The Morgan fingerprint density at radius 1 is 1.53 bits per heavy atom. The normalized spacial score (nSPS) is 13.2. The summed E-state index contributed by atoms with van der Waals surface area (Å²) in [6, 6.07) is 7.59. The van der Waals surface area contributed by atoms with E-state index in [0.29, 0.717) is 6.54 Å². The van der Waals surface area contributed by atoms with E-state index in [-0.39, 0.29) is 12.5 Å². The largest absolute Gasteiger partial charge is 0.467 e. The summed E-state index contributed by atoms with van der Waals surface area (Å²) in [5.74, 6) is -0.380. The minimum absolute atomic E-state index is 0.271. The SMILES string of the molecule is COC(=O)C(C)(NCCN=[N+]=[N-])c1ccc(I)cc1. The van der Waals surface area contributed by atoms with Crippen LogP contribution in [0.4, 0.5) is 0 Å². The van der Waals surface area contributed by atoms with Crippen LogP contribution in [0.5, 0.6) is 0 Å². The zero-order chi connectivity index (χ0) is 14.3. The van der Waals surface area contributed by atoms with Crippen molar-refractivity contribution in [1.29, 1.82) is 0 Å². The third kappa shape index (κ3) is 4.09. The minimum Gasteiger partial charge on any atom is -0.467 e. The van der Waals surface area contributed by atoms with Crippen LogP contribution in [0.1, 0.15) is 12.5 Å². The van der Waals surface area contributed by atoms with Crippen molar-refractivity contribution in [3.8, 4) is 0 Å². The summed E-state index contributed by atoms with van der Waals surface area (Å²) in [6.45, 7) is 2.41. The highest BCUT2D eigenvalue weighted by atomic mass is 127. The van der Waals surface area contributed by atoms with Gasteiger partial charge in [0.2, 0.25) is 0 Å². The van der Waals surface area contributed by atoms with Crippen molar-refractivity contribution in [3.05, 3.63) is 43.8 Å². The summed E-state index contributed by atoms with van der Waals surface area (Å²) in [7, 11) is 1.35. The first-order valence-electron chi connectivity index (χ1n) is 5.65. The molecule has 0 amide bonds. The molecule has 1 rings (SSSR count). The lowest BCUT2D eigenvalue weighted by atomic mass is 9.92. The fourth-order valence-corrected chi connectivity index (χ4v) is 2.04. The molecule has 19 heavy (non-hydrogen) atoms. The average Bonchev–Trinajstić information content (AvgIpc) is 2.43. The number of methoxy groups -OCH3 is 1. The average molecular weight is 374 g/mol. The highest BCUT2D eigenvalue weighted by molar-refractivity contribution is 14.1. The number of carbonyl (C=O) groups is 1. The Morgan fingerprint density at radius 2 is 2.16 bits per heavy atom. The first-order chi connectivity index (χ1) is 9.04. The summed E-state index contributed by atoms with van der Waals surface area (Å²) in [5, 5.41) is 6.51. The van der Waals surface area contributed by atoms with E-state index < -0.39 is 5.54 Å². The molecule has 1 N–H and O–H groups in total. The second kappa shape index (κ2) is 7.32. The molecule has 0 spiro atoms. The van der Waals surface area contributed by atoms with Crippen LogP contribution in [0.25, 0.3) is 10.4 Å². The van der Waals surface area contributed by atoms with Gasteiger partial charge in [0.15, 0.2) is 0 Å². The second-order valence-corrected chi connectivity index (χ2v) is 5.25. The molecular formula is C12H15IN4O2. The van der Waals surface area contributed by atoms with Gasteiger partial charge < -0.3 is 4.74 Å². The summed E-state index contributed by atoms with van der Waals surface area (Å²) < 4.78 is 5.94. The lowest BCUT2D eigenvalue weighted by Gasteiger charge is -2.28. The standard InChI is InChI=1S/C12H15IN4O2/c1-12(11(18)19-2,15-7-8-16-17-14)9-3-5-10(13)6-4-9/h3-6,15H,7-8H2,1-2H3. The molecule has 0 bridgehead atoms. The smallest absolute Gasteiger partial charge is 0.330 e. The van der Waals surface area contributed by atoms with Gasteiger partial charge in [-0.15, -0.1) is 0 Å². The van der Waals surface area contributed by atoms with Crippen LogP contribution in [-0.2, 0) is 15.1 Å². The van der Waals surface area contributed by atoms with Crippen molar-refractivity contribution in [2.45, 2.75) is 12.5 Å². The van der Waals surface area contributed by atoms with E-state index in [1.807, 2.05) is 24.3 Å². The van der Waals surface area contributed by atoms with E-state index in [1.165, 1.54) is 7.11 Å². The van der Waals surface area contributed by atoms with Crippen molar-refractivity contribution < 1.29 is 9.53 Å². The predicted molar refractivity (Wildman–Crippen MR) is 80.5 cm³/mol. The zero-order valence-electron chi connectivity index (χ0n) is 10.8. The molecule has 1 aromatic carbocycles. The molecule has 0 aromatic heterocycles. The fraction of sp³-hybridized carbons (Fsp3) is 0.417. The molecule has 0 aliphatic carbocycles. The van der Waals surface area contributed by atoms with Gasteiger partial charge in [-0.25, -0.2) is 4.79 Å². The van der Waals surface area contributed by atoms with Gasteiger partial charge in [0.25, 0.3) is 0 Å². The number of rotatable bonds is 6. The molecule has 0 heterocycles. The Labute approximate surface area is 125 Å². The van der Waals surface area contributed by atoms with E-state index >= 15 is 0 Å². The van der Waals surface area contributed by atoms with Gasteiger partial charge >= 0.3 is 5.97 Å². The summed E-state index contributed by atoms with van der Waals surface area (Å²) in [6.07, 6.45) is 0. The van der Waals surface area contributed by atoms with Crippen molar-refractivity contribution in [2.75, 3.05) is 20.2 Å². The van der Waals surface area contributed by atoms with Crippen LogP contribution < -0.4 is 5.32 Å². The van der Waals surface area contributed by atoms with E-state index in [1.54, 1.807) is 6.92 Å². The molecule has 6 nitrogen and oxygen atoms in total. The van der Waals surface area contributed by atoms with Gasteiger partial charge in [0, 0.05) is 21.6 Å². The number of hydrogen-bond acceptors (Lipinski definition) is 4. The number of esters is 1. The molecule has 0 radical (unpaired) electrons. The molecule has 7 heteroatoms. The molecule has 0 aliphatic heterocycles. The fourth-order valence-electron chi connectivity index (χ4n) is 1.68. The first-order valence-corrected chi connectivity index (χ1v) is 6.73. The Kier molecular flexibility index (Phi) is 6.07. The number of hydrogen-bond donors (Lipinski definition) is 1. The van der Waals surface area contributed by atoms with E-state index in [4.69, 9.17) is 10.3 Å². The number of benzene rings is 1. The Hall–Kier alpha value is -1.31. The Bertz CT molecular complexity index is 485. The number of nitrogens with one attached hydrogen (secondary N) is 1. The third-order valence-electron chi connectivity index (χ3n) is 2.77. The number of halogens is 1. The van der Waals surface area contributed by atoms with E-state index in [0.717, 1.165) is 9.13 Å². The van der Waals surface area contributed by atoms with Gasteiger partial charge in [-0.3, -0.25) is 5.32 Å². The van der Waals surface area contributed by atoms with Gasteiger partial charge in [-0.2, -0.15) is 0 Å². The Morgan fingerprint density at radius 3 is 2.68 bits per heavy atom. The Balaban J connectivity index is 2.95. The summed E-state index contributed by atoms with van der Waals surface area (Å²) in [4.78, 5) is 14.7. The third-order valence-corrected chi connectivity index (χ3v) is 3.49. The van der Waals surface area contributed by atoms with Crippen molar-refractivity contribution >= 4 is 28.6 Å². The monoisotopic (exact) mass is 374 g/mol. The van der Waals surface area contributed by atoms with Gasteiger partial charge in [-0.1, -0.05) is 17.2 Å². The lowest BCUT2D eigenvalue weighted by molar-refractivity contribution is -0.148. The second-order valence-electron chi connectivity index (χ2n) is 4.00. The molecule has 1 atom stereocenters.